The molecule has 0 spiro atoms. The van der Waals surface area contributed by atoms with E-state index in [1.54, 1.807) is 18.2 Å². The Morgan fingerprint density at radius 2 is 0.857 bits per heavy atom. The molecule has 12 rings (SSSR count). The maximum Gasteiger partial charge on any atom is 0.416 e. The van der Waals surface area contributed by atoms with Gasteiger partial charge in [0.1, 0.15) is 0 Å². The maximum atomic E-state index is 13.9. The van der Waals surface area contributed by atoms with Gasteiger partial charge in [-0.2, -0.15) is 23.7 Å². The van der Waals surface area contributed by atoms with Gasteiger partial charge < -0.3 is 9.13 Å². The summed E-state index contributed by atoms with van der Waals surface area (Å²) in [4.78, 5) is 15.5. The number of para-hydroxylation sites is 3. The molecule has 70 heavy (non-hydrogen) atoms. The molecule has 0 N–H and O–H groups in total. The number of alkyl halides is 3. The third-order valence-corrected chi connectivity index (χ3v) is 12.9. The van der Waals surface area contributed by atoms with E-state index in [0.29, 0.717) is 34.3 Å². The number of nitriles is 2. The van der Waals surface area contributed by atoms with Gasteiger partial charge in [-0.25, -0.2) is 15.0 Å². The summed E-state index contributed by atoms with van der Waals surface area (Å²) in [6, 6.07) is 69.5. The zero-order valence-electron chi connectivity index (χ0n) is 36.9. The van der Waals surface area contributed by atoms with Crippen molar-refractivity contribution in [3.05, 3.63) is 223 Å². The van der Waals surface area contributed by atoms with Gasteiger partial charge in [0.2, 0.25) is 0 Å². The lowest BCUT2D eigenvalue weighted by atomic mass is 9.95. The summed E-state index contributed by atoms with van der Waals surface area (Å²) >= 11 is 0. The highest BCUT2D eigenvalue weighted by Gasteiger charge is 2.32. The van der Waals surface area contributed by atoms with Crippen LogP contribution in [0.4, 0.5) is 13.2 Å². The fourth-order valence-electron chi connectivity index (χ4n) is 9.68. The van der Waals surface area contributed by atoms with E-state index in [0.717, 1.165) is 89.2 Å². The Hall–Kier alpha value is -9.64. The molecule has 0 aliphatic carbocycles. The zero-order chi connectivity index (χ0) is 47.5. The Balaban J connectivity index is 1.09. The van der Waals surface area contributed by atoms with Gasteiger partial charge in [0.25, 0.3) is 0 Å². The molecule has 10 heteroatoms. The van der Waals surface area contributed by atoms with Crippen LogP contribution >= 0.6 is 0 Å². The van der Waals surface area contributed by atoms with Gasteiger partial charge in [-0.15, -0.1) is 0 Å². The predicted molar refractivity (Wildman–Crippen MR) is 270 cm³/mol. The van der Waals surface area contributed by atoms with E-state index < -0.39 is 11.7 Å². The van der Waals surface area contributed by atoms with Crippen molar-refractivity contribution in [1.82, 2.24) is 24.1 Å². The molecule has 7 nitrogen and oxygen atoms in total. The first-order valence-corrected chi connectivity index (χ1v) is 22.5. The summed E-state index contributed by atoms with van der Waals surface area (Å²) in [6.45, 7) is 0. The summed E-state index contributed by atoms with van der Waals surface area (Å²) < 4.78 is 45.9. The van der Waals surface area contributed by atoms with Gasteiger partial charge in [0, 0.05) is 49.4 Å². The van der Waals surface area contributed by atoms with Crippen LogP contribution in [0.3, 0.4) is 0 Å². The Morgan fingerprint density at radius 1 is 0.371 bits per heavy atom. The van der Waals surface area contributed by atoms with Crippen LogP contribution < -0.4 is 0 Å². The van der Waals surface area contributed by atoms with Crippen LogP contribution in [0.15, 0.2) is 206 Å². The molecule has 0 aliphatic heterocycles. The third-order valence-electron chi connectivity index (χ3n) is 12.9. The number of hydrogen-bond donors (Lipinski definition) is 0. The number of fused-ring (bicyclic) bond motifs is 6. The van der Waals surface area contributed by atoms with Crippen LogP contribution in [-0.2, 0) is 6.18 Å². The van der Waals surface area contributed by atoms with Crippen LogP contribution in [0, 0.1) is 22.7 Å². The minimum absolute atomic E-state index is 0.153. The fraction of sp³-hybridized carbons (Fsp3) is 0.0167. The lowest BCUT2D eigenvalue weighted by molar-refractivity contribution is -0.137. The average Bonchev–Trinajstić information content (AvgIpc) is 3.93. The van der Waals surface area contributed by atoms with Crippen LogP contribution in [0.2, 0.25) is 0 Å². The van der Waals surface area contributed by atoms with E-state index in [4.69, 9.17) is 15.0 Å². The Labute approximate surface area is 398 Å². The molecule has 0 saturated heterocycles. The first kappa shape index (κ1) is 41.8. The number of benzene rings is 9. The maximum absolute atomic E-state index is 13.9. The zero-order valence-corrected chi connectivity index (χ0v) is 36.9. The number of rotatable bonds is 7. The standard InChI is InChI=1S/C60H34F3N7/c61-60(62,63)43-26-27-44(42(32-43)36-65)48-31-37(35-64)23-28-54(48)70-53-22-12-9-19-47(53)49-33-40(24-29-55(49)70)41-25-30-56(69-51-20-10-7-17-45(51)46-18-8-11-21-52(46)69)50(34-41)59-67-57(38-13-3-1-4-14-38)66-58(68-59)39-15-5-2-6-16-39/h1-34H. The molecule has 0 aliphatic rings. The fourth-order valence-corrected chi connectivity index (χ4v) is 9.68. The van der Waals surface area contributed by atoms with Gasteiger partial charge in [-0.3, -0.25) is 0 Å². The van der Waals surface area contributed by atoms with Gasteiger partial charge in [-0.1, -0.05) is 133 Å². The van der Waals surface area contributed by atoms with Gasteiger partial charge in [0.15, 0.2) is 17.5 Å². The first-order chi connectivity index (χ1) is 34.2. The summed E-state index contributed by atoms with van der Waals surface area (Å²) in [6.07, 6.45) is -4.64. The van der Waals surface area contributed by atoms with Gasteiger partial charge >= 0.3 is 6.18 Å². The molecular formula is C60H34F3N7. The molecule has 3 heterocycles. The summed E-state index contributed by atoms with van der Waals surface area (Å²) in [5.74, 6) is 1.58. The second-order valence-corrected chi connectivity index (χ2v) is 16.9. The van der Waals surface area contributed by atoms with Gasteiger partial charge in [-0.05, 0) is 83.9 Å². The highest BCUT2D eigenvalue weighted by Crippen LogP contribution is 2.43. The quantitative estimate of drug-likeness (QED) is 0.159. The van der Waals surface area contributed by atoms with E-state index >= 15 is 0 Å². The van der Waals surface area contributed by atoms with Crippen molar-refractivity contribution >= 4 is 43.6 Å². The summed E-state index contributed by atoms with van der Waals surface area (Å²) in [5, 5.41) is 24.3. The smallest absolute Gasteiger partial charge is 0.309 e. The molecule has 0 saturated carbocycles. The topological polar surface area (TPSA) is 96.1 Å². The predicted octanol–water partition coefficient (Wildman–Crippen LogP) is 15.2. The van der Waals surface area contributed by atoms with E-state index in [2.05, 4.69) is 77.4 Å². The molecule has 0 atom stereocenters. The van der Waals surface area contributed by atoms with E-state index in [9.17, 15) is 23.7 Å². The molecule has 0 bridgehead atoms. The Bertz CT molecular complexity index is 4030. The number of nitrogens with zero attached hydrogens (tertiary/aromatic N) is 7. The van der Waals surface area contributed by atoms with Crippen LogP contribution in [0.25, 0.3) is 111 Å². The first-order valence-electron chi connectivity index (χ1n) is 22.5. The Morgan fingerprint density at radius 3 is 1.43 bits per heavy atom. The van der Waals surface area contributed by atoms with E-state index in [1.807, 2.05) is 114 Å². The largest absolute Gasteiger partial charge is 0.416 e. The molecule has 0 radical (unpaired) electrons. The lowest BCUT2D eigenvalue weighted by Crippen LogP contribution is -2.06. The monoisotopic (exact) mass is 909 g/mol. The average molecular weight is 910 g/mol. The molecule has 0 amide bonds. The van der Waals surface area contributed by atoms with Crippen molar-refractivity contribution in [3.8, 4) is 79.9 Å². The minimum Gasteiger partial charge on any atom is -0.309 e. The Kier molecular flexibility index (Phi) is 9.90. The van der Waals surface area contributed by atoms with Crippen molar-refractivity contribution in [1.29, 1.82) is 10.5 Å². The van der Waals surface area contributed by atoms with Crippen LogP contribution in [0.5, 0.6) is 0 Å². The van der Waals surface area contributed by atoms with Crippen LogP contribution in [0.1, 0.15) is 16.7 Å². The molecular weight excluding hydrogens is 876 g/mol. The molecule has 330 valence electrons. The van der Waals surface area contributed by atoms with Crippen molar-refractivity contribution in [2.45, 2.75) is 6.18 Å². The van der Waals surface area contributed by atoms with Crippen molar-refractivity contribution in [2.24, 2.45) is 0 Å². The molecule has 3 aromatic heterocycles. The van der Waals surface area contributed by atoms with E-state index in [1.165, 1.54) is 6.07 Å². The third kappa shape index (κ3) is 7.02. The molecule has 0 fully saturated rings. The van der Waals surface area contributed by atoms with Crippen LogP contribution in [-0.4, -0.2) is 24.1 Å². The minimum atomic E-state index is -4.64. The van der Waals surface area contributed by atoms with Crippen molar-refractivity contribution in [3.63, 3.8) is 0 Å². The number of hydrogen-bond acceptors (Lipinski definition) is 5. The van der Waals surface area contributed by atoms with Crippen molar-refractivity contribution < 1.29 is 13.2 Å². The SMILES string of the molecule is N#Cc1ccc(-n2c3ccccc3c3cc(-c4ccc(-n5c6ccccc6c6ccccc65)c(-c5nc(-c6ccccc6)nc(-c6ccccc6)n5)c4)ccc32)c(-c2ccc(C(F)(F)F)cc2C#N)c1. The number of halogens is 3. The second-order valence-electron chi connectivity index (χ2n) is 16.9. The molecule has 12 aromatic rings. The summed E-state index contributed by atoms with van der Waals surface area (Å²) in [5.41, 5.74) is 9.48. The van der Waals surface area contributed by atoms with Gasteiger partial charge in [0.05, 0.1) is 62.3 Å². The van der Waals surface area contributed by atoms with Crippen molar-refractivity contribution in [2.75, 3.05) is 0 Å². The lowest BCUT2D eigenvalue weighted by Gasteiger charge is -2.17. The normalized spacial score (nSPS) is 11.6. The highest BCUT2D eigenvalue weighted by atomic mass is 19.4. The second kappa shape index (κ2) is 16.6. The van der Waals surface area contributed by atoms with E-state index in [-0.39, 0.29) is 11.1 Å². The summed E-state index contributed by atoms with van der Waals surface area (Å²) in [7, 11) is 0. The highest BCUT2D eigenvalue weighted by molar-refractivity contribution is 6.12. The molecule has 0 unspecified atom stereocenters. The molecule has 9 aromatic carbocycles. The number of aromatic nitrogens is 5.